The van der Waals surface area contributed by atoms with Gasteiger partial charge in [-0.15, -0.1) is 0 Å². The zero-order chi connectivity index (χ0) is 14.5. The quantitative estimate of drug-likeness (QED) is 0.622. The van der Waals surface area contributed by atoms with Crippen LogP contribution in [0.5, 0.6) is 5.75 Å². The van der Waals surface area contributed by atoms with E-state index in [1.807, 2.05) is 6.92 Å². The molecular weight excluding hydrogens is 258 g/mol. The van der Waals surface area contributed by atoms with Gasteiger partial charge in [0.15, 0.2) is 0 Å². The molecule has 2 amide bonds. The summed E-state index contributed by atoms with van der Waals surface area (Å²) in [5, 5.41) is 0. The second kappa shape index (κ2) is 6.27. The van der Waals surface area contributed by atoms with Crippen LogP contribution >= 0.6 is 0 Å². The lowest BCUT2D eigenvalue weighted by Gasteiger charge is -2.32. The third-order valence-corrected chi connectivity index (χ3v) is 3.29. The number of hydrogen-bond acceptors (Lipinski definition) is 4. The van der Waals surface area contributed by atoms with Crippen molar-refractivity contribution in [3.8, 4) is 5.75 Å². The van der Waals surface area contributed by atoms with Crippen molar-refractivity contribution >= 4 is 17.5 Å². The fraction of sp³-hybridized carbons (Fsp3) is 0.429. The van der Waals surface area contributed by atoms with Gasteiger partial charge in [-0.2, -0.15) is 0 Å². The number of ether oxygens (including phenoxy) is 1. The first-order valence-electron chi connectivity index (χ1n) is 6.68. The molecule has 6 heteroatoms. The van der Waals surface area contributed by atoms with Crippen LogP contribution in [0.25, 0.3) is 0 Å². The molecule has 0 bridgehead atoms. The molecule has 6 nitrogen and oxygen atoms in total. The van der Waals surface area contributed by atoms with Gasteiger partial charge in [0, 0.05) is 25.3 Å². The Labute approximate surface area is 118 Å². The first-order valence-corrected chi connectivity index (χ1v) is 6.68. The van der Waals surface area contributed by atoms with Crippen LogP contribution in [0.4, 0.5) is 5.69 Å². The number of hydrogen-bond donors (Lipinski definition) is 1. The van der Waals surface area contributed by atoms with Gasteiger partial charge >= 0.3 is 11.8 Å². The highest BCUT2D eigenvalue weighted by atomic mass is 16.5. The number of carbonyl (C=O) groups is 2. The zero-order valence-corrected chi connectivity index (χ0v) is 11.5. The van der Waals surface area contributed by atoms with E-state index in [1.54, 1.807) is 29.2 Å². The fourth-order valence-corrected chi connectivity index (χ4v) is 2.07. The molecule has 0 aromatic heterocycles. The Morgan fingerprint density at radius 1 is 1.10 bits per heavy atom. The molecule has 2 rings (SSSR count). The van der Waals surface area contributed by atoms with E-state index in [-0.39, 0.29) is 0 Å². The summed E-state index contributed by atoms with van der Waals surface area (Å²) in [6, 6.07) is 7.06. The minimum atomic E-state index is -0.445. The molecule has 1 fully saturated rings. The van der Waals surface area contributed by atoms with Gasteiger partial charge < -0.3 is 20.3 Å². The van der Waals surface area contributed by atoms with Gasteiger partial charge in [0.05, 0.1) is 6.54 Å². The molecule has 1 aromatic carbocycles. The number of amides is 2. The first-order chi connectivity index (χ1) is 9.61. The summed E-state index contributed by atoms with van der Waals surface area (Å²) in [4.78, 5) is 26.7. The van der Waals surface area contributed by atoms with E-state index in [2.05, 4.69) is 0 Å². The Morgan fingerprint density at radius 3 is 2.35 bits per heavy atom. The predicted molar refractivity (Wildman–Crippen MR) is 75.2 cm³/mol. The molecule has 108 valence electrons. The number of carbonyl (C=O) groups excluding carboxylic acids is 2. The maximum Gasteiger partial charge on any atom is 0.312 e. The number of nitrogens with two attached hydrogens (primary N) is 1. The Hall–Kier alpha value is -2.24. The van der Waals surface area contributed by atoms with Gasteiger partial charge in [-0.25, -0.2) is 0 Å². The van der Waals surface area contributed by atoms with E-state index >= 15 is 0 Å². The van der Waals surface area contributed by atoms with Crippen LogP contribution in [0.3, 0.4) is 0 Å². The zero-order valence-electron chi connectivity index (χ0n) is 11.5. The highest BCUT2D eigenvalue weighted by Crippen LogP contribution is 2.13. The number of likely N-dealkylation sites (N-methyl/N-ethyl adjacent to an activating group) is 1. The molecule has 1 aliphatic heterocycles. The lowest BCUT2D eigenvalue weighted by Crippen LogP contribution is -2.54. The summed E-state index contributed by atoms with van der Waals surface area (Å²) < 4.78 is 5.53. The standard InChI is InChI=1S/C14H19N3O3/c1-2-16-7-8-17(14(19)13(16)18)9-10-20-12-5-3-11(15)4-6-12/h3-6H,2,7-10,15H2,1H3. The van der Waals surface area contributed by atoms with Gasteiger partial charge in [0.2, 0.25) is 0 Å². The van der Waals surface area contributed by atoms with Crippen molar-refractivity contribution in [3.05, 3.63) is 24.3 Å². The largest absolute Gasteiger partial charge is 0.492 e. The van der Waals surface area contributed by atoms with E-state index in [4.69, 9.17) is 10.5 Å². The lowest BCUT2D eigenvalue weighted by molar-refractivity contribution is -0.156. The summed E-state index contributed by atoms with van der Waals surface area (Å²) >= 11 is 0. The minimum absolute atomic E-state index is 0.356. The second-order valence-electron chi connectivity index (χ2n) is 4.59. The van der Waals surface area contributed by atoms with Crippen LogP contribution < -0.4 is 10.5 Å². The van der Waals surface area contributed by atoms with Crippen molar-refractivity contribution in [1.29, 1.82) is 0 Å². The maximum absolute atomic E-state index is 11.8. The van der Waals surface area contributed by atoms with Crippen molar-refractivity contribution in [2.45, 2.75) is 6.92 Å². The third-order valence-electron chi connectivity index (χ3n) is 3.29. The first kappa shape index (κ1) is 14.2. The van der Waals surface area contributed by atoms with Crippen molar-refractivity contribution in [2.24, 2.45) is 0 Å². The molecular formula is C14H19N3O3. The van der Waals surface area contributed by atoms with Gasteiger partial charge in [-0.05, 0) is 31.2 Å². The molecule has 0 aliphatic carbocycles. The smallest absolute Gasteiger partial charge is 0.312 e. The molecule has 0 unspecified atom stereocenters. The Balaban J connectivity index is 1.81. The molecule has 0 radical (unpaired) electrons. The minimum Gasteiger partial charge on any atom is -0.492 e. The number of nitrogens with zero attached hydrogens (tertiary/aromatic N) is 2. The normalized spacial score (nSPS) is 15.7. The van der Waals surface area contributed by atoms with Crippen LogP contribution in [-0.4, -0.2) is 54.4 Å². The van der Waals surface area contributed by atoms with Crippen LogP contribution in [-0.2, 0) is 9.59 Å². The molecule has 20 heavy (non-hydrogen) atoms. The highest BCUT2D eigenvalue weighted by molar-refractivity contribution is 6.35. The molecule has 1 aliphatic rings. The van der Waals surface area contributed by atoms with Gasteiger partial charge in [0.25, 0.3) is 0 Å². The fourth-order valence-electron chi connectivity index (χ4n) is 2.07. The average Bonchev–Trinajstić information content (AvgIpc) is 2.46. The number of nitrogen functional groups attached to an aromatic ring is 1. The number of benzene rings is 1. The third kappa shape index (κ3) is 3.20. The summed E-state index contributed by atoms with van der Waals surface area (Å²) in [6.45, 7) is 4.35. The molecule has 0 saturated carbocycles. The Kier molecular flexibility index (Phi) is 4.45. The van der Waals surface area contributed by atoms with Crippen molar-refractivity contribution in [3.63, 3.8) is 0 Å². The predicted octanol–water partition coefficient (Wildman–Crippen LogP) is 0.338. The molecule has 1 aromatic rings. The van der Waals surface area contributed by atoms with Crippen LogP contribution in [0.1, 0.15) is 6.92 Å². The maximum atomic E-state index is 11.8. The number of piperazine rings is 1. The van der Waals surface area contributed by atoms with Crippen molar-refractivity contribution in [1.82, 2.24) is 9.80 Å². The highest BCUT2D eigenvalue weighted by Gasteiger charge is 2.31. The SMILES string of the molecule is CCN1CCN(CCOc2ccc(N)cc2)C(=O)C1=O. The second-order valence-corrected chi connectivity index (χ2v) is 4.59. The molecule has 1 saturated heterocycles. The number of anilines is 1. The average molecular weight is 277 g/mol. The van der Waals surface area contributed by atoms with E-state index in [9.17, 15) is 9.59 Å². The van der Waals surface area contributed by atoms with Crippen LogP contribution in [0.15, 0.2) is 24.3 Å². The van der Waals surface area contributed by atoms with Gasteiger partial charge in [-0.3, -0.25) is 9.59 Å². The van der Waals surface area contributed by atoms with Crippen LogP contribution in [0, 0.1) is 0 Å². The molecule has 2 N–H and O–H groups in total. The molecule has 0 spiro atoms. The van der Waals surface area contributed by atoms with Crippen molar-refractivity contribution in [2.75, 3.05) is 38.5 Å². The Bertz CT molecular complexity index is 487. The van der Waals surface area contributed by atoms with E-state index < -0.39 is 11.8 Å². The van der Waals surface area contributed by atoms with E-state index in [0.717, 1.165) is 0 Å². The summed E-state index contributed by atoms with van der Waals surface area (Å²) in [6.07, 6.45) is 0. The van der Waals surface area contributed by atoms with Crippen LogP contribution in [0.2, 0.25) is 0 Å². The summed E-state index contributed by atoms with van der Waals surface area (Å²) in [5.41, 5.74) is 6.26. The molecule has 1 heterocycles. The monoisotopic (exact) mass is 277 g/mol. The number of rotatable bonds is 5. The summed E-state index contributed by atoms with van der Waals surface area (Å²) in [7, 11) is 0. The van der Waals surface area contributed by atoms with E-state index in [1.165, 1.54) is 4.90 Å². The lowest BCUT2D eigenvalue weighted by atomic mass is 10.3. The van der Waals surface area contributed by atoms with Crippen molar-refractivity contribution < 1.29 is 14.3 Å². The van der Waals surface area contributed by atoms with Gasteiger partial charge in [0.1, 0.15) is 12.4 Å². The Morgan fingerprint density at radius 2 is 1.70 bits per heavy atom. The summed E-state index contributed by atoms with van der Waals surface area (Å²) in [5.74, 6) is -0.171. The topological polar surface area (TPSA) is 75.9 Å². The van der Waals surface area contributed by atoms with E-state index in [0.29, 0.717) is 44.2 Å². The van der Waals surface area contributed by atoms with Gasteiger partial charge in [-0.1, -0.05) is 0 Å². The molecule has 0 atom stereocenters.